The molecule has 0 saturated carbocycles. The second-order valence-corrected chi connectivity index (χ2v) is 9.45. The lowest BCUT2D eigenvalue weighted by Crippen LogP contribution is -1.79. The molecule has 0 radical (unpaired) electrons. The smallest absolute Gasteiger partial charge is 0.196 e. The van der Waals surface area contributed by atoms with Gasteiger partial charge in [0.25, 0.3) is 0 Å². The van der Waals surface area contributed by atoms with Crippen molar-refractivity contribution in [2.24, 2.45) is 0 Å². The highest BCUT2D eigenvalue weighted by molar-refractivity contribution is 7.62. The van der Waals surface area contributed by atoms with Crippen molar-refractivity contribution in [1.29, 1.82) is 0 Å². The Kier molecular flexibility index (Phi) is 7.35. The van der Waals surface area contributed by atoms with Gasteiger partial charge in [-0.1, -0.05) is 0 Å². The van der Waals surface area contributed by atoms with Crippen molar-refractivity contribution in [2.75, 3.05) is 40.1 Å². The summed E-state index contributed by atoms with van der Waals surface area (Å²) >= 11 is 0. The normalized spacial score (nSPS) is 11.8. The summed E-state index contributed by atoms with van der Waals surface area (Å²) in [5.41, 5.74) is 0. The van der Waals surface area contributed by atoms with Gasteiger partial charge < -0.3 is 14.2 Å². The van der Waals surface area contributed by atoms with Gasteiger partial charge in [0.05, 0.1) is 6.35 Å². The molecule has 1 N–H and O–H groups in total. The summed E-state index contributed by atoms with van der Waals surface area (Å²) in [5, 5.41) is 8.14. The zero-order valence-corrected chi connectivity index (χ0v) is 10.1. The van der Waals surface area contributed by atoms with Crippen molar-refractivity contribution < 1.29 is 18.8 Å². The van der Waals surface area contributed by atoms with Gasteiger partial charge in [0.1, 0.15) is 7.14 Å². The predicted molar refractivity (Wildman–Crippen MR) is 53.0 cm³/mol. The number of aliphatic hydroxyl groups is 1. The maximum absolute atomic E-state index is 10.4. The molecule has 0 aromatic heterocycles. The molecule has 0 aromatic carbocycles. The first-order valence-corrected chi connectivity index (χ1v) is 8.68. The van der Waals surface area contributed by atoms with E-state index in [0.29, 0.717) is 0 Å². The Hall–Kier alpha value is 0.380. The molecule has 0 aliphatic rings. The average Bonchev–Trinajstić information content (AvgIpc) is 1.86. The van der Waals surface area contributed by atoms with Gasteiger partial charge in [0.2, 0.25) is 0 Å². The van der Waals surface area contributed by atoms with Crippen LogP contribution in [0.2, 0.25) is 0 Å². The highest BCUT2D eigenvalue weighted by Crippen LogP contribution is 2.35. The van der Waals surface area contributed by atoms with Crippen LogP contribution in [0, 0.1) is 0 Å². The first-order chi connectivity index (χ1) is 5.12. The minimum atomic E-state index is -2.15. The largest absolute Gasteiger partial charge is 0.389 e. The van der Waals surface area contributed by atoms with Crippen LogP contribution < -0.4 is 0 Å². The van der Waals surface area contributed by atoms with Gasteiger partial charge in [-0.05, 0) is 13.3 Å². The van der Waals surface area contributed by atoms with Gasteiger partial charge in [0, 0.05) is 20.4 Å². The minimum absolute atomic E-state index is 0.174. The van der Waals surface area contributed by atoms with E-state index in [9.17, 15) is 9.13 Å². The quantitative estimate of drug-likeness (QED) is 0.714. The van der Waals surface area contributed by atoms with E-state index < -0.39 is 14.5 Å². The van der Waals surface area contributed by atoms with E-state index in [0.717, 1.165) is 0 Å². The fourth-order valence-electron chi connectivity index (χ4n) is 0. The number of rotatable bonds is 2. The van der Waals surface area contributed by atoms with Crippen molar-refractivity contribution in [1.82, 2.24) is 0 Å². The van der Waals surface area contributed by atoms with Crippen molar-refractivity contribution in [3.05, 3.63) is 0 Å². The Morgan fingerprint density at radius 3 is 1.33 bits per heavy atom. The maximum Gasteiger partial charge on any atom is 0.196 e. The van der Waals surface area contributed by atoms with Gasteiger partial charge in [-0.3, -0.25) is 4.57 Å². The Balaban J connectivity index is 0. The first-order valence-electron chi connectivity index (χ1n) is 3.38. The Morgan fingerprint density at radius 1 is 1.17 bits per heavy atom. The SMILES string of the molecule is COP(C)(C)=O.CP(C)(=O)CO. The van der Waals surface area contributed by atoms with Gasteiger partial charge in [-0.2, -0.15) is 0 Å². The van der Waals surface area contributed by atoms with E-state index in [1.165, 1.54) is 7.11 Å². The Labute approximate surface area is 74.1 Å². The molecule has 0 saturated heterocycles. The van der Waals surface area contributed by atoms with Crippen LogP contribution in [0.5, 0.6) is 0 Å². The van der Waals surface area contributed by atoms with Crippen LogP contribution in [0.15, 0.2) is 0 Å². The molecule has 0 fully saturated rings. The van der Waals surface area contributed by atoms with Crippen LogP contribution >= 0.6 is 14.5 Å². The lowest BCUT2D eigenvalue weighted by atomic mass is 11.7. The molecule has 0 heterocycles. The van der Waals surface area contributed by atoms with Crippen LogP contribution in [0.3, 0.4) is 0 Å². The molecule has 0 aromatic rings. The lowest BCUT2D eigenvalue weighted by Gasteiger charge is -1.98. The van der Waals surface area contributed by atoms with Gasteiger partial charge in [-0.25, -0.2) is 0 Å². The summed E-state index contributed by atoms with van der Waals surface area (Å²) in [7, 11) is -2.79. The Morgan fingerprint density at radius 2 is 1.33 bits per heavy atom. The number of aliphatic hydroxyl groups excluding tert-OH is 1. The van der Waals surface area contributed by atoms with Gasteiger partial charge >= 0.3 is 0 Å². The summed E-state index contributed by atoms with van der Waals surface area (Å²) in [5.74, 6) is 0. The molecule has 0 rings (SSSR count). The molecule has 0 spiro atoms. The maximum atomic E-state index is 10.4. The van der Waals surface area contributed by atoms with Crippen molar-refractivity contribution in [2.45, 2.75) is 0 Å². The molecule has 6 heteroatoms. The van der Waals surface area contributed by atoms with Crippen LogP contribution in [-0.4, -0.2) is 45.2 Å². The molecule has 0 aliphatic heterocycles. The molecule has 12 heavy (non-hydrogen) atoms. The fourth-order valence-corrected chi connectivity index (χ4v) is 0. The van der Waals surface area contributed by atoms with Gasteiger partial charge in [-0.15, -0.1) is 0 Å². The zero-order chi connectivity index (χ0) is 10.4. The third-order valence-corrected chi connectivity index (χ3v) is 2.34. The summed E-state index contributed by atoms with van der Waals surface area (Å²) in [6.07, 6.45) is -0.174. The molecule has 0 amide bonds. The fraction of sp³-hybridized carbons (Fsp3) is 1.00. The predicted octanol–water partition coefficient (Wildman–Crippen LogP) is 1.73. The third-order valence-electron chi connectivity index (χ3n) is 0.780. The number of hydrogen-bond donors (Lipinski definition) is 1. The Bertz CT molecular complexity index is 168. The van der Waals surface area contributed by atoms with Crippen LogP contribution in [0.1, 0.15) is 0 Å². The lowest BCUT2D eigenvalue weighted by molar-refractivity contribution is 0.360. The molecule has 0 aliphatic carbocycles. The minimum Gasteiger partial charge on any atom is -0.389 e. The zero-order valence-electron chi connectivity index (χ0n) is 8.27. The third kappa shape index (κ3) is 22.4. The van der Waals surface area contributed by atoms with E-state index >= 15 is 0 Å². The standard InChI is InChI=1S/2C3H9O2P/c1-5-6(2,3)4;1-6(2,5)3-4/h1-3H3;4H,3H2,1-2H3. The van der Waals surface area contributed by atoms with E-state index in [1.54, 1.807) is 26.7 Å². The topological polar surface area (TPSA) is 63.6 Å². The molecule has 0 unspecified atom stereocenters. The molecule has 0 atom stereocenters. The van der Waals surface area contributed by atoms with Crippen molar-refractivity contribution >= 4 is 14.5 Å². The average molecular weight is 216 g/mol. The summed E-state index contributed by atoms with van der Waals surface area (Å²) in [4.78, 5) is 0. The van der Waals surface area contributed by atoms with Crippen molar-refractivity contribution in [3.63, 3.8) is 0 Å². The molecular formula is C6H18O4P2. The van der Waals surface area contributed by atoms with Crippen LogP contribution in [-0.2, 0) is 13.7 Å². The van der Waals surface area contributed by atoms with E-state index in [1.807, 2.05) is 0 Å². The highest BCUT2D eigenvalue weighted by atomic mass is 31.2. The first kappa shape index (κ1) is 14.9. The van der Waals surface area contributed by atoms with E-state index in [-0.39, 0.29) is 6.35 Å². The summed E-state index contributed by atoms with van der Waals surface area (Å²) in [6, 6.07) is 0. The molecule has 4 nitrogen and oxygen atoms in total. The molecular weight excluding hydrogens is 198 g/mol. The van der Waals surface area contributed by atoms with E-state index in [4.69, 9.17) is 5.11 Å². The number of hydrogen-bond acceptors (Lipinski definition) is 4. The van der Waals surface area contributed by atoms with Crippen LogP contribution in [0.25, 0.3) is 0 Å². The molecule has 76 valence electrons. The second kappa shape index (κ2) is 5.93. The van der Waals surface area contributed by atoms with Crippen molar-refractivity contribution in [3.8, 4) is 0 Å². The van der Waals surface area contributed by atoms with Crippen LogP contribution in [0.4, 0.5) is 0 Å². The second-order valence-electron chi connectivity index (χ2n) is 3.15. The summed E-state index contributed by atoms with van der Waals surface area (Å²) in [6.45, 7) is 6.25. The van der Waals surface area contributed by atoms with Gasteiger partial charge in [0.15, 0.2) is 7.37 Å². The summed E-state index contributed by atoms with van der Waals surface area (Å²) < 4.78 is 25.2. The monoisotopic (exact) mass is 216 g/mol. The highest BCUT2D eigenvalue weighted by Gasteiger charge is 2.00. The molecule has 0 bridgehead atoms. The van der Waals surface area contributed by atoms with E-state index in [2.05, 4.69) is 4.52 Å².